The molecule has 3 aromatic rings. The van der Waals surface area contributed by atoms with Crippen molar-refractivity contribution in [1.29, 1.82) is 0 Å². The molecule has 3 rings (SSSR count). The van der Waals surface area contributed by atoms with Crippen molar-refractivity contribution in [3.05, 3.63) is 57.5 Å². The van der Waals surface area contributed by atoms with E-state index in [1.807, 2.05) is 44.4 Å². The number of nitrogens with one attached hydrogen (secondary N) is 1. The molecule has 0 aliphatic rings. The Morgan fingerprint density at radius 3 is 2.92 bits per heavy atom. The second-order valence-electron chi connectivity index (χ2n) is 6.07. The summed E-state index contributed by atoms with van der Waals surface area (Å²) in [7, 11) is 0. The Morgan fingerprint density at radius 1 is 1.36 bits per heavy atom. The zero-order valence-corrected chi connectivity index (χ0v) is 15.1. The number of nitrogens with zero attached hydrogens (tertiary/aromatic N) is 2. The number of anilines is 1. The molecule has 0 unspecified atom stereocenters. The van der Waals surface area contributed by atoms with Gasteiger partial charge in [-0.1, -0.05) is 19.9 Å². The molecule has 7 heteroatoms. The van der Waals surface area contributed by atoms with Crippen LogP contribution in [0.4, 0.5) is 5.69 Å². The van der Waals surface area contributed by atoms with Gasteiger partial charge in [-0.3, -0.25) is 14.0 Å². The Morgan fingerprint density at radius 2 is 2.16 bits per heavy atom. The average Bonchev–Trinajstić information content (AvgIpc) is 3.03. The van der Waals surface area contributed by atoms with Crippen LogP contribution >= 0.6 is 11.3 Å². The maximum absolute atomic E-state index is 12.0. The van der Waals surface area contributed by atoms with Gasteiger partial charge in [0.15, 0.2) is 4.96 Å². The maximum atomic E-state index is 12.0. The summed E-state index contributed by atoms with van der Waals surface area (Å²) in [5.41, 5.74) is 2.05. The van der Waals surface area contributed by atoms with Crippen LogP contribution in [0.3, 0.4) is 0 Å². The molecule has 0 fully saturated rings. The molecule has 6 nitrogen and oxygen atoms in total. The highest BCUT2D eigenvalue weighted by Gasteiger charge is 2.12. The molecule has 0 saturated heterocycles. The molecule has 25 heavy (non-hydrogen) atoms. The van der Waals surface area contributed by atoms with E-state index in [-0.39, 0.29) is 24.0 Å². The summed E-state index contributed by atoms with van der Waals surface area (Å²) in [4.78, 5) is 29.1. The summed E-state index contributed by atoms with van der Waals surface area (Å²) in [6, 6.07) is 7.04. The molecule has 1 N–H and O–H groups in total. The van der Waals surface area contributed by atoms with Gasteiger partial charge >= 0.3 is 0 Å². The second-order valence-corrected chi connectivity index (χ2v) is 6.95. The van der Waals surface area contributed by atoms with Crippen LogP contribution in [0.15, 0.2) is 40.6 Å². The minimum Gasteiger partial charge on any atom is -0.485 e. The Bertz CT molecular complexity index is 975. The Balaban J connectivity index is 1.82. The average molecular weight is 357 g/mol. The minimum absolute atomic E-state index is 0.0770. The third-order valence-corrected chi connectivity index (χ3v) is 4.41. The molecule has 0 aliphatic carbocycles. The van der Waals surface area contributed by atoms with Crippen molar-refractivity contribution in [2.45, 2.75) is 27.4 Å². The molecule has 130 valence electrons. The smallest absolute Gasteiger partial charge is 0.258 e. The van der Waals surface area contributed by atoms with Crippen LogP contribution in [0.25, 0.3) is 4.96 Å². The van der Waals surface area contributed by atoms with E-state index in [1.54, 1.807) is 6.20 Å². The zero-order valence-electron chi connectivity index (χ0n) is 14.3. The lowest BCUT2D eigenvalue weighted by Gasteiger charge is -2.14. The maximum Gasteiger partial charge on any atom is 0.258 e. The number of amides is 1. The van der Waals surface area contributed by atoms with E-state index < -0.39 is 0 Å². The SMILES string of the molecule is Cc1ccc(OCc2cc(=O)n3ccsc3n2)c(NC(=O)C(C)C)c1. The fraction of sp³-hybridized carbons (Fsp3) is 0.278. The third kappa shape index (κ3) is 3.88. The largest absolute Gasteiger partial charge is 0.485 e. The van der Waals surface area contributed by atoms with Crippen molar-refractivity contribution in [3.8, 4) is 5.75 Å². The van der Waals surface area contributed by atoms with Gasteiger partial charge in [0.25, 0.3) is 5.56 Å². The first kappa shape index (κ1) is 17.2. The van der Waals surface area contributed by atoms with Crippen LogP contribution in [0.1, 0.15) is 25.1 Å². The van der Waals surface area contributed by atoms with Crippen LogP contribution in [0.2, 0.25) is 0 Å². The molecule has 1 amide bonds. The number of thiazole rings is 1. The quantitative estimate of drug-likeness (QED) is 0.761. The molecule has 2 heterocycles. The van der Waals surface area contributed by atoms with Crippen LogP contribution in [-0.2, 0) is 11.4 Å². The lowest BCUT2D eigenvalue weighted by atomic mass is 10.1. The second kappa shape index (κ2) is 7.06. The summed E-state index contributed by atoms with van der Waals surface area (Å²) in [5, 5.41) is 4.69. The standard InChI is InChI=1S/C18H19N3O3S/c1-11(2)17(23)20-14-8-12(3)4-5-15(14)24-10-13-9-16(22)21-6-7-25-18(21)19-13/h4-9,11H,10H2,1-3H3,(H,20,23). The zero-order chi connectivity index (χ0) is 18.0. The topological polar surface area (TPSA) is 72.7 Å². The molecule has 0 saturated carbocycles. The number of carbonyl (C=O) groups excluding carboxylic acids is 1. The minimum atomic E-state index is -0.137. The van der Waals surface area contributed by atoms with Gasteiger partial charge in [-0.2, -0.15) is 0 Å². The van der Waals surface area contributed by atoms with Crippen LogP contribution in [-0.4, -0.2) is 15.3 Å². The molecule has 0 atom stereocenters. The number of fused-ring (bicyclic) bond motifs is 1. The lowest BCUT2D eigenvalue weighted by Crippen LogP contribution is -2.18. The highest BCUT2D eigenvalue weighted by atomic mass is 32.1. The predicted octanol–water partition coefficient (Wildman–Crippen LogP) is 3.24. The van der Waals surface area contributed by atoms with Crippen molar-refractivity contribution < 1.29 is 9.53 Å². The van der Waals surface area contributed by atoms with Crippen molar-refractivity contribution >= 4 is 27.9 Å². The molecular formula is C18H19N3O3S. The number of benzene rings is 1. The summed E-state index contributed by atoms with van der Waals surface area (Å²) in [5.74, 6) is 0.343. The molecular weight excluding hydrogens is 338 g/mol. The fourth-order valence-corrected chi connectivity index (χ4v) is 3.00. The van der Waals surface area contributed by atoms with Gasteiger partial charge in [-0.15, -0.1) is 11.3 Å². The van der Waals surface area contributed by atoms with E-state index in [0.29, 0.717) is 22.1 Å². The van der Waals surface area contributed by atoms with Crippen molar-refractivity contribution in [2.24, 2.45) is 5.92 Å². The Kier molecular flexibility index (Phi) is 4.85. The number of ether oxygens (including phenoxy) is 1. The van der Waals surface area contributed by atoms with Crippen molar-refractivity contribution in [1.82, 2.24) is 9.38 Å². The number of carbonyl (C=O) groups is 1. The third-order valence-electron chi connectivity index (χ3n) is 3.65. The molecule has 0 spiro atoms. The van der Waals surface area contributed by atoms with Gasteiger partial charge in [0, 0.05) is 23.6 Å². The molecule has 0 radical (unpaired) electrons. The first-order valence-electron chi connectivity index (χ1n) is 7.94. The molecule has 0 aliphatic heterocycles. The van der Waals surface area contributed by atoms with E-state index in [1.165, 1.54) is 21.8 Å². The van der Waals surface area contributed by atoms with Gasteiger partial charge in [0.05, 0.1) is 11.4 Å². The number of hydrogen-bond donors (Lipinski definition) is 1. The normalized spacial score (nSPS) is 11.0. The highest BCUT2D eigenvalue weighted by molar-refractivity contribution is 7.15. The van der Waals surface area contributed by atoms with Crippen LogP contribution in [0, 0.1) is 12.8 Å². The summed E-state index contributed by atoms with van der Waals surface area (Å²) in [6.45, 7) is 5.76. The molecule has 1 aromatic carbocycles. The molecule has 2 aromatic heterocycles. The monoisotopic (exact) mass is 357 g/mol. The number of aromatic nitrogens is 2. The molecule has 0 bridgehead atoms. The van der Waals surface area contributed by atoms with Crippen molar-refractivity contribution in [3.63, 3.8) is 0 Å². The predicted molar refractivity (Wildman–Crippen MR) is 98.3 cm³/mol. The van der Waals surface area contributed by atoms with Crippen LogP contribution in [0.5, 0.6) is 5.75 Å². The summed E-state index contributed by atoms with van der Waals surface area (Å²) in [6.07, 6.45) is 1.69. The van der Waals surface area contributed by atoms with Crippen LogP contribution < -0.4 is 15.6 Å². The Hall–Kier alpha value is -2.67. The Labute approximate surface area is 149 Å². The van der Waals surface area contributed by atoms with E-state index in [9.17, 15) is 9.59 Å². The van der Waals surface area contributed by atoms with Gasteiger partial charge < -0.3 is 10.1 Å². The van der Waals surface area contributed by atoms with E-state index >= 15 is 0 Å². The van der Waals surface area contributed by atoms with Gasteiger partial charge in [-0.25, -0.2) is 4.98 Å². The van der Waals surface area contributed by atoms with E-state index in [4.69, 9.17) is 4.74 Å². The van der Waals surface area contributed by atoms with E-state index in [0.717, 1.165) is 5.56 Å². The fourth-order valence-electron chi connectivity index (χ4n) is 2.26. The number of aryl methyl sites for hydroxylation is 1. The first-order chi connectivity index (χ1) is 11.9. The number of hydrogen-bond acceptors (Lipinski definition) is 5. The highest BCUT2D eigenvalue weighted by Crippen LogP contribution is 2.27. The van der Waals surface area contributed by atoms with Gasteiger partial charge in [0.2, 0.25) is 5.91 Å². The van der Waals surface area contributed by atoms with Gasteiger partial charge in [0.1, 0.15) is 12.4 Å². The summed E-state index contributed by atoms with van der Waals surface area (Å²) >= 11 is 1.39. The first-order valence-corrected chi connectivity index (χ1v) is 8.82. The van der Waals surface area contributed by atoms with Crippen molar-refractivity contribution in [2.75, 3.05) is 5.32 Å². The number of rotatable bonds is 5. The van der Waals surface area contributed by atoms with E-state index in [2.05, 4.69) is 10.3 Å². The lowest BCUT2D eigenvalue weighted by molar-refractivity contribution is -0.118. The van der Waals surface area contributed by atoms with Gasteiger partial charge in [-0.05, 0) is 24.6 Å². The summed E-state index contributed by atoms with van der Waals surface area (Å²) < 4.78 is 7.31.